The van der Waals surface area contributed by atoms with Gasteiger partial charge in [0.15, 0.2) is 0 Å². The summed E-state index contributed by atoms with van der Waals surface area (Å²) >= 11 is 0. The number of ether oxygens (including phenoxy) is 1. The summed E-state index contributed by atoms with van der Waals surface area (Å²) in [6.45, 7) is -0.440. The van der Waals surface area contributed by atoms with Crippen LogP contribution in [0, 0.1) is 0 Å². The summed E-state index contributed by atoms with van der Waals surface area (Å²) in [5, 5.41) is 12.5. The number of carboxylic acid groups (broad SMARTS) is 1. The van der Waals surface area contributed by atoms with Gasteiger partial charge in [-0.15, -0.1) is 0 Å². The van der Waals surface area contributed by atoms with Gasteiger partial charge in [0.1, 0.15) is 12.3 Å². The topological polar surface area (TPSA) is 81.4 Å². The van der Waals surface area contributed by atoms with E-state index < -0.39 is 18.1 Å². The average molecular weight is 274 g/mol. The molecule has 0 aliphatic rings. The highest BCUT2D eigenvalue weighted by atomic mass is 16.5. The summed E-state index contributed by atoms with van der Waals surface area (Å²) in [5.74, 6) is -0.388. The lowest BCUT2D eigenvalue weighted by Gasteiger charge is -2.06. The number of aromatic nitrogens is 2. The zero-order chi connectivity index (χ0) is 14.5. The Morgan fingerprint density at radius 3 is 2.90 bits per heavy atom. The molecule has 0 saturated heterocycles. The van der Waals surface area contributed by atoms with Crippen LogP contribution in [-0.4, -0.2) is 28.0 Å². The van der Waals surface area contributed by atoms with Gasteiger partial charge in [0, 0.05) is 18.2 Å². The van der Waals surface area contributed by atoms with E-state index in [4.69, 9.17) is 9.84 Å². The Morgan fingerprint density at radius 2 is 2.20 bits per heavy atom. The van der Waals surface area contributed by atoms with Crippen LogP contribution in [0.15, 0.2) is 41.3 Å². The van der Waals surface area contributed by atoms with Crippen LogP contribution in [0.4, 0.5) is 0 Å². The SMILES string of the molecule is COc1cccc(Cc2ccnn(CC(=O)O)c2=O)c1. The third kappa shape index (κ3) is 3.23. The normalized spacial score (nSPS) is 10.2. The van der Waals surface area contributed by atoms with Gasteiger partial charge >= 0.3 is 5.97 Å². The first-order valence-corrected chi connectivity index (χ1v) is 6.00. The van der Waals surface area contributed by atoms with E-state index >= 15 is 0 Å². The summed E-state index contributed by atoms with van der Waals surface area (Å²) in [4.78, 5) is 22.7. The van der Waals surface area contributed by atoms with Crippen LogP contribution in [0.2, 0.25) is 0 Å². The average Bonchev–Trinajstić information content (AvgIpc) is 2.43. The van der Waals surface area contributed by atoms with Crippen molar-refractivity contribution in [1.82, 2.24) is 9.78 Å². The van der Waals surface area contributed by atoms with Gasteiger partial charge in [-0.25, -0.2) is 4.68 Å². The molecule has 20 heavy (non-hydrogen) atoms. The van der Waals surface area contributed by atoms with E-state index in [1.807, 2.05) is 24.3 Å². The van der Waals surface area contributed by atoms with E-state index in [0.29, 0.717) is 17.7 Å². The molecule has 0 saturated carbocycles. The van der Waals surface area contributed by atoms with Crippen molar-refractivity contribution in [2.45, 2.75) is 13.0 Å². The molecule has 1 heterocycles. The molecule has 0 aliphatic carbocycles. The van der Waals surface area contributed by atoms with Crippen molar-refractivity contribution in [3.63, 3.8) is 0 Å². The maximum Gasteiger partial charge on any atom is 0.325 e. The van der Waals surface area contributed by atoms with Crippen molar-refractivity contribution in [2.75, 3.05) is 7.11 Å². The Bertz CT molecular complexity index is 679. The van der Waals surface area contributed by atoms with Gasteiger partial charge in [0.05, 0.1) is 7.11 Å². The van der Waals surface area contributed by atoms with Gasteiger partial charge in [0.25, 0.3) is 5.56 Å². The maximum absolute atomic E-state index is 12.1. The summed E-state index contributed by atoms with van der Waals surface area (Å²) in [6, 6.07) is 8.97. The largest absolute Gasteiger partial charge is 0.497 e. The minimum absolute atomic E-state index is 0.391. The van der Waals surface area contributed by atoms with Crippen molar-refractivity contribution in [2.24, 2.45) is 0 Å². The summed E-state index contributed by atoms with van der Waals surface area (Å²) < 4.78 is 6.07. The van der Waals surface area contributed by atoms with Crippen molar-refractivity contribution in [3.05, 3.63) is 58.0 Å². The fraction of sp³-hybridized carbons (Fsp3) is 0.214. The van der Waals surface area contributed by atoms with Crippen LogP contribution >= 0.6 is 0 Å². The zero-order valence-electron chi connectivity index (χ0n) is 10.9. The molecule has 0 spiro atoms. The van der Waals surface area contributed by atoms with Crippen LogP contribution in [0.25, 0.3) is 0 Å². The quantitative estimate of drug-likeness (QED) is 0.877. The van der Waals surface area contributed by atoms with E-state index in [1.54, 1.807) is 13.2 Å². The molecule has 0 atom stereocenters. The number of benzene rings is 1. The summed E-state index contributed by atoms with van der Waals surface area (Å²) in [5.41, 5.74) is 1.02. The van der Waals surface area contributed by atoms with E-state index in [-0.39, 0.29) is 0 Å². The smallest absolute Gasteiger partial charge is 0.325 e. The molecule has 1 N–H and O–H groups in total. The maximum atomic E-state index is 12.1. The number of carboxylic acids is 1. The Morgan fingerprint density at radius 1 is 1.40 bits per heavy atom. The van der Waals surface area contributed by atoms with Crippen LogP contribution in [-0.2, 0) is 17.8 Å². The van der Waals surface area contributed by atoms with Crippen molar-refractivity contribution in [1.29, 1.82) is 0 Å². The van der Waals surface area contributed by atoms with E-state index in [1.165, 1.54) is 6.20 Å². The first-order chi connectivity index (χ1) is 9.60. The van der Waals surface area contributed by atoms with Gasteiger partial charge < -0.3 is 9.84 Å². The first kappa shape index (κ1) is 13.8. The number of rotatable bonds is 5. The third-order valence-corrected chi connectivity index (χ3v) is 2.80. The lowest BCUT2D eigenvalue weighted by atomic mass is 10.1. The van der Waals surface area contributed by atoms with E-state index in [0.717, 1.165) is 10.2 Å². The molecule has 2 rings (SSSR count). The van der Waals surface area contributed by atoms with Gasteiger partial charge in [-0.3, -0.25) is 9.59 Å². The molecular weight excluding hydrogens is 260 g/mol. The highest BCUT2D eigenvalue weighted by molar-refractivity contribution is 5.66. The molecule has 1 aromatic heterocycles. The Kier molecular flexibility index (Phi) is 4.14. The fourth-order valence-corrected chi connectivity index (χ4v) is 1.87. The van der Waals surface area contributed by atoms with Crippen molar-refractivity contribution >= 4 is 5.97 Å². The summed E-state index contributed by atoms with van der Waals surface area (Å²) in [6.07, 6.45) is 1.83. The molecule has 0 fully saturated rings. The lowest BCUT2D eigenvalue weighted by Crippen LogP contribution is -2.28. The molecule has 1 aromatic carbocycles. The predicted molar refractivity (Wildman–Crippen MR) is 71.9 cm³/mol. The fourth-order valence-electron chi connectivity index (χ4n) is 1.87. The molecule has 2 aromatic rings. The number of hydrogen-bond donors (Lipinski definition) is 1. The minimum Gasteiger partial charge on any atom is -0.497 e. The predicted octanol–water partition coefficient (Wildman–Crippen LogP) is 0.927. The molecule has 0 radical (unpaired) electrons. The van der Waals surface area contributed by atoms with Crippen LogP contribution < -0.4 is 10.3 Å². The number of nitrogens with zero attached hydrogens (tertiary/aromatic N) is 2. The molecule has 0 aliphatic heterocycles. The highest BCUT2D eigenvalue weighted by Gasteiger charge is 2.08. The number of methoxy groups -OCH3 is 1. The van der Waals surface area contributed by atoms with Gasteiger partial charge in [-0.1, -0.05) is 12.1 Å². The molecule has 0 bridgehead atoms. The second-order valence-corrected chi connectivity index (χ2v) is 4.24. The molecule has 6 nitrogen and oxygen atoms in total. The Labute approximate surface area is 115 Å². The molecule has 6 heteroatoms. The Hall–Kier alpha value is -2.63. The van der Waals surface area contributed by atoms with Crippen molar-refractivity contribution < 1.29 is 14.6 Å². The van der Waals surface area contributed by atoms with E-state index in [9.17, 15) is 9.59 Å². The van der Waals surface area contributed by atoms with Gasteiger partial charge in [0.2, 0.25) is 0 Å². The number of hydrogen-bond acceptors (Lipinski definition) is 4. The number of aliphatic carboxylic acids is 1. The summed E-state index contributed by atoms with van der Waals surface area (Å²) in [7, 11) is 1.57. The monoisotopic (exact) mass is 274 g/mol. The van der Waals surface area contributed by atoms with Gasteiger partial charge in [-0.05, 0) is 23.8 Å². The Balaban J connectivity index is 2.29. The van der Waals surface area contributed by atoms with E-state index in [2.05, 4.69) is 5.10 Å². The zero-order valence-corrected chi connectivity index (χ0v) is 10.9. The van der Waals surface area contributed by atoms with Crippen LogP contribution in [0.5, 0.6) is 5.75 Å². The standard InChI is InChI=1S/C14H14N2O4/c1-20-12-4-2-3-10(8-12)7-11-5-6-15-16(14(11)19)9-13(17)18/h2-6,8H,7,9H2,1H3,(H,17,18). The highest BCUT2D eigenvalue weighted by Crippen LogP contribution is 2.14. The number of carbonyl (C=O) groups is 1. The minimum atomic E-state index is -1.10. The second-order valence-electron chi connectivity index (χ2n) is 4.24. The molecule has 104 valence electrons. The van der Waals surface area contributed by atoms with Crippen molar-refractivity contribution in [3.8, 4) is 5.75 Å². The van der Waals surface area contributed by atoms with Gasteiger partial charge in [-0.2, -0.15) is 5.10 Å². The molecule has 0 unspecified atom stereocenters. The van der Waals surface area contributed by atoms with Crippen LogP contribution in [0.3, 0.4) is 0 Å². The first-order valence-electron chi connectivity index (χ1n) is 6.00. The molecular formula is C14H14N2O4. The third-order valence-electron chi connectivity index (χ3n) is 2.80. The lowest BCUT2D eigenvalue weighted by molar-refractivity contribution is -0.138. The second kappa shape index (κ2) is 6.01. The van der Waals surface area contributed by atoms with Crippen LogP contribution in [0.1, 0.15) is 11.1 Å². The molecule has 0 amide bonds.